The van der Waals surface area contributed by atoms with Crippen LogP contribution in [0.15, 0.2) is 6.07 Å². The molecule has 3 N–H and O–H groups in total. The van der Waals surface area contributed by atoms with Crippen LogP contribution in [0.3, 0.4) is 0 Å². The van der Waals surface area contributed by atoms with Gasteiger partial charge in [-0.1, -0.05) is 0 Å². The molecule has 0 saturated heterocycles. The van der Waals surface area contributed by atoms with Crippen molar-refractivity contribution in [1.29, 1.82) is 0 Å². The van der Waals surface area contributed by atoms with Crippen LogP contribution in [0, 0.1) is 10.6 Å². The zero-order chi connectivity index (χ0) is 9.14. The number of pyridine rings is 1. The van der Waals surface area contributed by atoms with Crippen LogP contribution in [0.1, 0.15) is 11.1 Å². The van der Waals surface area contributed by atoms with Crippen LogP contribution in [-0.4, -0.2) is 12.0 Å². The normalized spacial score (nSPS) is 10.2. The van der Waals surface area contributed by atoms with Crippen molar-refractivity contribution in [3.05, 3.63) is 20.9 Å². The highest BCUT2D eigenvalue weighted by Crippen LogP contribution is 2.16. The molecule has 0 spiro atoms. The van der Waals surface area contributed by atoms with Gasteiger partial charge in [-0.15, -0.1) is 0 Å². The number of nitrogens with two attached hydrogens (primary N) is 1. The number of rotatable bonds is 2. The Kier molecular flexibility index (Phi) is 3.28. The summed E-state index contributed by atoms with van der Waals surface area (Å²) >= 11 is 2.16. The Morgan fingerprint density at radius 2 is 2.33 bits per heavy atom. The van der Waals surface area contributed by atoms with Gasteiger partial charge in [0.05, 0.1) is 0 Å². The van der Waals surface area contributed by atoms with Gasteiger partial charge in [-0.2, -0.15) is 0 Å². The van der Waals surface area contributed by atoms with E-state index < -0.39 is 0 Å². The molecular weight excluding hydrogens is 265 g/mol. The maximum Gasteiger partial charge on any atom is 0.129 e. The monoisotopic (exact) mass is 277 g/mol. The molecule has 0 fully saturated rings. The molecule has 1 aromatic rings. The van der Waals surface area contributed by atoms with Gasteiger partial charge in [-0.05, 0) is 48.2 Å². The van der Waals surface area contributed by atoms with Crippen molar-refractivity contribution in [2.24, 2.45) is 0 Å². The van der Waals surface area contributed by atoms with Crippen LogP contribution in [0.5, 0.6) is 0 Å². The lowest BCUT2D eigenvalue weighted by Gasteiger charge is -2.07. The van der Waals surface area contributed by atoms with Crippen molar-refractivity contribution in [2.75, 3.05) is 12.8 Å². The first kappa shape index (κ1) is 9.73. The third-order valence-electron chi connectivity index (χ3n) is 1.70. The molecule has 1 aromatic heterocycles. The van der Waals surface area contributed by atoms with Crippen LogP contribution in [0.4, 0.5) is 5.82 Å². The van der Waals surface area contributed by atoms with Crippen LogP contribution in [0.2, 0.25) is 0 Å². The predicted octanol–water partition coefficient (Wildman–Crippen LogP) is 1.30. The summed E-state index contributed by atoms with van der Waals surface area (Å²) in [6.45, 7) is 2.83. The van der Waals surface area contributed by atoms with Crippen molar-refractivity contribution in [3.8, 4) is 0 Å². The Morgan fingerprint density at radius 3 is 2.83 bits per heavy atom. The molecule has 0 aromatic carbocycles. The molecule has 1 heterocycles. The Hall–Kier alpha value is -0.360. The van der Waals surface area contributed by atoms with E-state index in [1.165, 1.54) is 5.56 Å². The number of hydrogen-bond donors (Lipinski definition) is 2. The molecule has 0 aliphatic rings. The maximum atomic E-state index is 5.75. The molecule has 0 aliphatic heterocycles. The molecule has 3 nitrogen and oxygen atoms in total. The SMILES string of the molecule is CNCc1c(C)cc(I)nc1N. The zero-order valence-electron chi connectivity index (χ0n) is 7.19. The second kappa shape index (κ2) is 4.04. The average molecular weight is 277 g/mol. The predicted molar refractivity (Wildman–Crippen MR) is 58.9 cm³/mol. The second-order valence-electron chi connectivity index (χ2n) is 2.66. The minimum Gasteiger partial charge on any atom is -0.383 e. The number of aryl methyl sites for hydroxylation is 1. The van der Waals surface area contributed by atoms with Crippen molar-refractivity contribution >= 4 is 28.4 Å². The molecule has 0 saturated carbocycles. The molecule has 0 bridgehead atoms. The van der Waals surface area contributed by atoms with Crippen molar-refractivity contribution < 1.29 is 0 Å². The quantitative estimate of drug-likeness (QED) is 0.632. The van der Waals surface area contributed by atoms with Gasteiger partial charge in [0.25, 0.3) is 0 Å². The molecule has 0 radical (unpaired) electrons. The van der Waals surface area contributed by atoms with Crippen molar-refractivity contribution in [2.45, 2.75) is 13.5 Å². The Morgan fingerprint density at radius 1 is 1.67 bits per heavy atom. The fourth-order valence-corrected chi connectivity index (χ4v) is 1.82. The van der Waals surface area contributed by atoms with E-state index in [1.54, 1.807) is 0 Å². The number of nitrogens with zero attached hydrogens (tertiary/aromatic N) is 1. The Balaban J connectivity index is 3.10. The maximum absolute atomic E-state index is 5.75. The number of halogens is 1. The molecule has 0 atom stereocenters. The van der Waals surface area contributed by atoms with Gasteiger partial charge in [0, 0.05) is 12.1 Å². The van der Waals surface area contributed by atoms with Gasteiger partial charge >= 0.3 is 0 Å². The molecule has 0 amide bonds. The molecule has 1 rings (SSSR count). The van der Waals surface area contributed by atoms with Gasteiger partial charge in [-0.3, -0.25) is 0 Å². The van der Waals surface area contributed by atoms with Crippen LogP contribution >= 0.6 is 22.6 Å². The summed E-state index contributed by atoms with van der Waals surface area (Å²) in [6.07, 6.45) is 0. The highest BCUT2D eigenvalue weighted by molar-refractivity contribution is 14.1. The summed E-state index contributed by atoms with van der Waals surface area (Å²) in [5.41, 5.74) is 8.04. The van der Waals surface area contributed by atoms with Crippen molar-refractivity contribution in [3.63, 3.8) is 0 Å². The molecular formula is C8H12IN3. The number of nitrogen functional groups attached to an aromatic ring is 1. The lowest BCUT2D eigenvalue weighted by Crippen LogP contribution is -2.11. The summed E-state index contributed by atoms with van der Waals surface area (Å²) in [5.74, 6) is 0.633. The van der Waals surface area contributed by atoms with Gasteiger partial charge in [0.2, 0.25) is 0 Å². The van der Waals surface area contributed by atoms with Crippen molar-refractivity contribution in [1.82, 2.24) is 10.3 Å². The third-order valence-corrected chi connectivity index (χ3v) is 2.25. The number of nitrogens with one attached hydrogen (secondary N) is 1. The number of hydrogen-bond acceptors (Lipinski definition) is 3. The molecule has 0 aliphatic carbocycles. The minimum atomic E-state index is 0.633. The summed E-state index contributed by atoms with van der Waals surface area (Å²) in [4.78, 5) is 4.18. The number of anilines is 1. The van der Waals surface area contributed by atoms with E-state index in [0.29, 0.717) is 5.82 Å². The largest absolute Gasteiger partial charge is 0.383 e. The van der Waals surface area contributed by atoms with Gasteiger partial charge in [0.1, 0.15) is 9.52 Å². The first-order valence-corrected chi connectivity index (χ1v) is 4.79. The van der Waals surface area contributed by atoms with E-state index in [2.05, 4.69) is 32.9 Å². The van der Waals surface area contributed by atoms with Gasteiger partial charge in [0.15, 0.2) is 0 Å². The summed E-state index contributed by atoms with van der Waals surface area (Å²) in [7, 11) is 1.90. The second-order valence-corrected chi connectivity index (χ2v) is 3.76. The lowest BCUT2D eigenvalue weighted by molar-refractivity contribution is 0.809. The van der Waals surface area contributed by atoms with Crippen LogP contribution < -0.4 is 11.1 Å². The average Bonchev–Trinajstić information content (AvgIpc) is 1.96. The third kappa shape index (κ3) is 2.07. The molecule has 66 valence electrons. The van der Waals surface area contributed by atoms with E-state index in [-0.39, 0.29) is 0 Å². The topological polar surface area (TPSA) is 50.9 Å². The highest BCUT2D eigenvalue weighted by atomic mass is 127. The van der Waals surface area contributed by atoms with Gasteiger partial charge < -0.3 is 11.1 Å². The smallest absolute Gasteiger partial charge is 0.129 e. The first-order chi connectivity index (χ1) is 5.65. The van der Waals surface area contributed by atoms with E-state index in [9.17, 15) is 0 Å². The van der Waals surface area contributed by atoms with E-state index in [1.807, 2.05) is 20.0 Å². The number of aromatic nitrogens is 1. The van der Waals surface area contributed by atoms with Crippen LogP contribution in [0.25, 0.3) is 0 Å². The van der Waals surface area contributed by atoms with E-state index >= 15 is 0 Å². The Labute approximate surface area is 85.9 Å². The molecule has 12 heavy (non-hydrogen) atoms. The Bertz CT molecular complexity index is 263. The minimum absolute atomic E-state index is 0.633. The lowest BCUT2D eigenvalue weighted by atomic mass is 10.1. The highest BCUT2D eigenvalue weighted by Gasteiger charge is 2.04. The van der Waals surface area contributed by atoms with E-state index in [4.69, 9.17) is 5.73 Å². The fraction of sp³-hybridized carbons (Fsp3) is 0.375. The molecule has 4 heteroatoms. The summed E-state index contributed by atoms with van der Waals surface area (Å²) < 4.78 is 0.947. The summed E-state index contributed by atoms with van der Waals surface area (Å²) in [5, 5.41) is 3.06. The van der Waals surface area contributed by atoms with E-state index in [0.717, 1.165) is 15.8 Å². The van der Waals surface area contributed by atoms with Gasteiger partial charge in [-0.25, -0.2) is 4.98 Å². The first-order valence-electron chi connectivity index (χ1n) is 3.71. The fourth-order valence-electron chi connectivity index (χ4n) is 1.09. The standard InChI is InChI=1S/C8H12IN3/c1-5-3-7(9)12-8(10)6(5)4-11-2/h3,11H,4H2,1-2H3,(H2,10,12). The summed E-state index contributed by atoms with van der Waals surface area (Å²) in [6, 6.07) is 2.03. The van der Waals surface area contributed by atoms with Crippen LogP contribution in [-0.2, 0) is 6.54 Å². The zero-order valence-corrected chi connectivity index (χ0v) is 9.34. The molecule has 0 unspecified atom stereocenters.